The Morgan fingerprint density at radius 1 is 1.27 bits per heavy atom. The van der Waals surface area contributed by atoms with E-state index < -0.39 is 29.2 Å². The maximum absolute atomic E-state index is 11.7. The highest BCUT2D eigenvalue weighted by Gasteiger charge is 2.58. The number of carboxylic acids is 1. The van der Waals surface area contributed by atoms with Crippen LogP contribution in [0.3, 0.4) is 0 Å². The highest BCUT2D eigenvalue weighted by Crippen LogP contribution is 2.48. The standard InChI is InChI=1S/C10H8O5/c11-8-5-3-1-2-4(15-3)6(5)9(12)7(8)10(13)14/h1-6,11H,(H,13,14). The van der Waals surface area contributed by atoms with Crippen molar-refractivity contribution in [2.75, 3.05) is 0 Å². The lowest BCUT2D eigenvalue weighted by Gasteiger charge is -2.15. The van der Waals surface area contributed by atoms with Crippen LogP contribution >= 0.6 is 0 Å². The molecule has 0 aromatic rings. The fourth-order valence-corrected chi connectivity index (χ4v) is 2.62. The molecule has 3 rings (SSSR count). The maximum Gasteiger partial charge on any atom is 0.342 e. The van der Waals surface area contributed by atoms with Crippen LogP contribution in [0.2, 0.25) is 0 Å². The number of hydrogen-bond donors (Lipinski definition) is 2. The quantitative estimate of drug-likeness (QED) is 0.469. The van der Waals surface area contributed by atoms with E-state index in [1.165, 1.54) is 0 Å². The van der Waals surface area contributed by atoms with Gasteiger partial charge >= 0.3 is 5.97 Å². The molecule has 4 unspecified atom stereocenters. The molecule has 78 valence electrons. The van der Waals surface area contributed by atoms with Gasteiger partial charge < -0.3 is 14.9 Å². The molecule has 0 aromatic heterocycles. The fraction of sp³-hybridized carbons (Fsp3) is 0.400. The Morgan fingerprint density at radius 3 is 2.40 bits per heavy atom. The molecule has 0 aromatic carbocycles. The minimum Gasteiger partial charge on any atom is -0.511 e. The topological polar surface area (TPSA) is 83.8 Å². The number of rotatable bonds is 1. The summed E-state index contributed by atoms with van der Waals surface area (Å²) >= 11 is 0. The molecule has 5 heteroatoms. The number of carboxylic acid groups (broad SMARTS) is 1. The molecule has 2 bridgehead atoms. The fourth-order valence-electron chi connectivity index (χ4n) is 2.62. The molecule has 1 aliphatic carbocycles. The van der Waals surface area contributed by atoms with Crippen molar-refractivity contribution < 1.29 is 24.5 Å². The molecular weight excluding hydrogens is 200 g/mol. The molecule has 1 fully saturated rings. The number of hydrogen-bond acceptors (Lipinski definition) is 4. The van der Waals surface area contributed by atoms with Crippen LogP contribution in [0.1, 0.15) is 0 Å². The second-order valence-electron chi connectivity index (χ2n) is 3.93. The third-order valence-electron chi connectivity index (χ3n) is 3.23. The van der Waals surface area contributed by atoms with Crippen molar-refractivity contribution in [3.8, 4) is 0 Å². The summed E-state index contributed by atoms with van der Waals surface area (Å²) in [7, 11) is 0. The summed E-state index contributed by atoms with van der Waals surface area (Å²) in [5.41, 5.74) is -0.466. The number of fused-ring (bicyclic) bond motifs is 5. The van der Waals surface area contributed by atoms with Gasteiger partial charge in [-0.1, -0.05) is 12.2 Å². The van der Waals surface area contributed by atoms with Gasteiger partial charge in [0.15, 0.2) is 5.78 Å². The summed E-state index contributed by atoms with van der Waals surface area (Å²) in [5, 5.41) is 18.5. The second kappa shape index (κ2) is 2.49. The van der Waals surface area contributed by atoms with Crippen molar-refractivity contribution in [1.82, 2.24) is 0 Å². The highest BCUT2D eigenvalue weighted by atomic mass is 16.5. The van der Waals surface area contributed by atoms with Gasteiger partial charge in [-0.2, -0.15) is 0 Å². The van der Waals surface area contributed by atoms with Crippen LogP contribution in [-0.2, 0) is 14.3 Å². The lowest BCUT2D eigenvalue weighted by Crippen LogP contribution is -2.27. The van der Waals surface area contributed by atoms with Crippen molar-refractivity contribution in [3.63, 3.8) is 0 Å². The Hall–Kier alpha value is -1.62. The smallest absolute Gasteiger partial charge is 0.342 e. The van der Waals surface area contributed by atoms with Crippen LogP contribution in [0.5, 0.6) is 0 Å². The molecule has 2 heterocycles. The molecule has 2 N–H and O–H groups in total. The first-order valence-electron chi connectivity index (χ1n) is 4.65. The third-order valence-corrected chi connectivity index (χ3v) is 3.23. The van der Waals surface area contributed by atoms with Crippen LogP contribution in [0.15, 0.2) is 23.5 Å². The summed E-state index contributed by atoms with van der Waals surface area (Å²) in [6.45, 7) is 0. The van der Waals surface area contributed by atoms with E-state index in [2.05, 4.69) is 0 Å². The summed E-state index contributed by atoms with van der Waals surface area (Å²) in [5.74, 6) is -3.22. The van der Waals surface area contributed by atoms with Crippen LogP contribution < -0.4 is 0 Å². The molecule has 0 saturated carbocycles. The average Bonchev–Trinajstić information content (AvgIpc) is 2.79. The van der Waals surface area contributed by atoms with E-state index in [0.29, 0.717) is 0 Å². The van der Waals surface area contributed by atoms with Crippen LogP contribution in [0.25, 0.3) is 0 Å². The van der Waals surface area contributed by atoms with Gasteiger partial charge in [-0.15, -0.1) is 0 Å². The molecule has 15 heavy (non-hydrogen) atoms. The van der Waals surface area contributed by atoms with Crippen molar-refractivity contribution >= 4 is 11.8 Å². The molecule has 3 aliphatic rings. The minimum absolute atomic E-state index is 0.325. The molecule has 1 saturated heterocycles. The number of ether oxygens (including phenoxy) is 1. The number of carbonyl (C=O) groups is 2. The van der Waals surface area contributed by atoms with Crippen molar-refractivity contribution in [1.29, 1.82) is 0 Å². The van der Waals surface area contributed by atoms with E-state index in [-0.39, 0.29) is 18.0 Å². The van der Waals surface area contributed by atoms with Crippen molar-refractivity contribution in [3.05, 3.63) is 23.5 Å². The van der Waals surface area contributed by atoms with Gasteiger partial charge in [0.05, 0.1) is 24.0 Å². The van der Waals surface area contributed by atoms with E-state index in [9.17, 15) is 14.7 Å². The van der Waals surface area contributed by atoms with E-state index in [0.717, 1.165) is 0 Å². The zero-order chi connectivity index (χ0) is 10.7. The van der Waals surface area contributed by atoms with Gasteiger partial charge in [0, 0.05) is 0 Å². The molecular formula is C10H8O5. The monoisotopic (exact) mass is 208 g/mol. The lowest BCUT2D eigenvalue weighted by atomic mass is 9.84. The van der Waals surface area contributed by atoms with E-state index in [1.54, 1.807) is 12.2 Å². The van der Waals surface area contributed by atoms with Crippen LogP contribution in [-0.4, -0.2) is 34.2 Å². The first-order valence-corrected chi connectivity index (χ1v) is 4.65. The Morgan fingerprint density at radius 2 is 1.87 bits per heavy atom. The predicted molar refractivity (Wildman–Crippen MR) is 47.1 cm³/mol. The first-order chi connectivity index (χ1) is 7.11. The van der Waals surface area contributed by atoms with Gasteiger partial charge in [-0.05, 0) is 0 Å². The zero-order valence-corrected chi connectivity index (χ0v) is 7.58. The van der Waals surface area contributed by atoms with Gasteiger partial charge in [-0.3, -0.25) is 4.79 Å². The number of carbonyl (C=O) groups excluding carboxylic acids is 1. The molecule has 0 radical (unpaired) electrons. The highest BCUT2D eigenvalue weighted by molar-refractivity contribution is 6.20. The Kier molecular flexibility index (Phi) is 1.44. The number of aliphatic carboxylic acids is 1. The molecule has 0 amide bonds. The van der Waals surface area contributed by atoms with Gasteiger partial charge in [0.1, 0.15) is 11.3 Å². The maximum atomic E-state index is 11.7. The zero-order valence-electron chi connectivity index (χ0n) is 7.58. The molecule has 0 spiro atoms. The summed E-state index contributed by atoms with van der Waals surface area (Å²) in [4.78, 5) is 22.5. The van der Waals surface area contributed by atoms with Gasteiger partial charge in [0.25, 0.3) is 0 Å². The van der Waals surface area contributed by atoms with Crippen molar-refractivity contribution in [2.45, 2.75) is 12.2 Å². The molecule has 5 nitrogen and oxygen atoms in total. The SMILES string of the molecule is O=C(O)C1=C(O)C2C3C=CC(O3)C2C1=O. The number of aliphatic hydroxyl groups is 1. The van der Waals surface area contributed by atoms with Crippen molar-refractivity contribution in [2.24, 2.45) is 11.8 Å². The Balaban J connectivity index is 2.10. The second-order valence-corrected chi connectivity index (χ2v) is 3.93. The van der Waals surface area contributed by atoms with E-state index in [1.807, 2.05) is 0 Å². The summed E-state index contributed by atoms with van der Waals surface area (Å²) < 4.78 is 5.39. The van der Waals surface area contributed by atoms with E-state index in [4.69, 9.17) is 9.84 Å². The Bertz CT molecular complexity index is 433. The normalized spacial score (nSPS) is 41.5. The molecule has 4 atom stereocenters. The largest absolute Gasteiger partial charge is 0.511 e. The van der Waals surface area contributed by atoms with Crippen LogP contribution in [0, 0.1) is 11.8 Å². The first kappa shape index (κ1) is 8.67. The third kappa shape index (κ3) is 0.860. The predicted octanol–water partition coefficient (Wildman–Crippen LogP) is 0.0354. The van der Waals surface area contributed by atoms with Crippen LogP contribution in [0.4, 0.5) is 0 Å². The minimum atomic E-state index is -1.36. The summed E-state index contributed by atoms with van der Waals surface area (Å²) in [6.07, 6.45) is 2.80. The summed E-state index contributed by atoms with van der Waals surface area (Å²) in [6, 6.07) is 0. The average molecular weight is 208 g/mol. The van der Waals surface area contributed by atoms with Gasteiger partial charge in [0.2, 0.25) is 0 Å². The lowest BCUT2D eigenvalue weighted by molar-refractivity contribution is -0.135. The number of Topliss-reactive ketones (excluding diaryl/α,β-unsaturated/α-hetero) is 1. The number of aliphatic hydroxyl groups excluding tert-OH is 1. The Labute approximate surface area is 84.7 Å². The molecule has 2 aliphatic heterocycles. The van der Waals surface area contributed by atoms with Gasteiger partial charge in [-0.25, -0.2) is 4.79 Å². The van der Waals surface area contributed by atoms with E-state index >= 15 is 0 Å². The number of ketones is 1.